The van der Waals surface area contributed by atoms with Gasteiger partial charge in [-0.15, -0.1) is 5.23 Å². The van der Waals surface area contributed by atoms with Crippen molar-refractivity contribution in [2.45, 2.75) is 19.8 Å². The van der Waals surface area contributed by atoms with Crippen molar-refractivity contribution >= 4 is 5.69 Å². The van der Waals surface area contributed by atoms with Crippen molar-refractivity contribution in [3.05, 3.63) is 29.8 Å². The average molecular weight is 167 g/mol. The number of hydrogen-bond donors (Lipinski definition) is 2. The predicted octanol–water partition coefficient (Wildman–Crippen LogP) is 2.39. The minimum atomic E-state index is 0.115. The van der Waals surface area contributed by atoms with Crippen molar-refractivity contribution in [2.75, 3.05) is 5.23 Å². The third-order valence-corrected chi connectivity index (χ3v) is 1.79. The SMILES string of the molecule is CC(C)c1ccc(N(O)O)cc1. The molecule has 3 nitrogen and oxygen atoms in total. The first-order chi connectivity index (χ1) is 5.61. The summed E-state index contributed by atoms with van der Waals surface area (Å²) in [6.45, 7) is 4.18. The van der Waals surface area contributed by atoms with Crippen LogP contribution in [-0.2, 0) is 0 Å². The lowest BCUT2D eigenvalue weighted by atomic mass is 10.0. The Morgan fingerprint density at radius 3 is 1.92 bits per heavy atom. The largest absolute Gasteiger partial charge is 0.264 e. The summed E-state index contributed by atoms with van der Waals surface area (Å²) in [5.41, 5.74) is 1.56. The highest BCUT2D eigenvalue weighted by Gasteiger charge is 2.00. The van der Waals surface area contributed by atoms with E-state index in [-0.39, 0.29) is 5.23 Å². The number of nitrogens with zero attached hydrogens (tertiary/aromatic N) is 1. The van der Waals surface area contributed by atoms with Crippen LogP contribution in [-0.4, -0.2) is 10.4 Å². The van der Waals surface area contributed by atoms with E-state index in [0.29, 0.717) is 11.6 Å². The molecular formula is C9H13NO2. The fraction of sp³-hybridized carbons (Fsp3) is 0.333. The van der Waals surface area contributed by atoms with Gasteiger partial charge >= 0.3 is 0 Å². The molecule has 0 amide bonds. The Morgan fingerprint density at radius 2 is 1.58 bits per heavy atom. The molecule has 0 fully saturated rings. The molecule has 0 saturated heterocycles. The van der Waals surface area contributed by atoms with Crippen LogP contribution in [0.3, 0.4) is 0 Å². The van der Waals surface area contributed by atoms with Crippen molar-refractivity contribution < 1.29 is 10.4 Å². The van der Waals surface area contributed by atoms with Gasteiger partial charge in [0.05, 0.1) is 5.69 Å². The number of benzene rings is 1. The lowest BCUT2D eigenvalue weighted by Gasteiger charge is -2.09. The Hall–Kier alpha value is -1.06. The van der Waals surface area contributed by atoms with Crippen molar-refractivity contribution in [3.63, 3.8) is 0 Å². The topological polar surface area (TPSA) is 43.7 Å². The van der Waals surface area contributed by atoms with Gasteiger partial charge in [-0.25, -0.2) is 0 Å². The zero-order valence-electron chi connectivity index (χ0n) is 7.23. The van der Waals surface area contributed by atoms with Crippen LogP contribution in [0.2, 0.25) is 0 Å². The van der Waals surface area contributed by atoms with Crippen molar-refractivity contribution in [3.8, 4) is 0 Å². The molecule has 12 heavy (non-hydrogen) atoms. The molecule has 3 heteroatoms. The highest BCUT2D eigenvalue weighted by Crippen LogP contribution is 2.17. The summed E-state index contributed by atoms with van der Waals surface area (Å²) in [6, 6.07) is 7.07. The summed E-state index contributed by atoms with van der Waals surface area (Å²) in [5, 5.41) is 17.4. The van der Waals surface area contributed by atoms with Crippen LogP contribution in [0.25, 0.3) is 0 Å². The predicted molar refractivity (Wildman–Crippen MR) is 46.6 cm³/mol. The van der Waals surface area contributed by atoms with Gasteiger partial charge in [0.15, 0.2) is 0 Å². The van der Waals surface area contributed by atoms with Gasteiger partial charge in [0.1, 0.15) is 0 Å². The minimum absolute atomic E-state index is 0.115. The fourth-order valence-corrected chi connectivity index (χ4v) is 0.993. The van der Waals surface area contributed by atoms with Gasteiger partial charge in [-0.1, -0.05) is 26.0 Å². The summed E-state index contributed by atoms with van der Waals surface area (Å²) in [4.78, 5) is 0. The van der Waals surface area contributed by atoms with E-state index >= 15 is 0 Å². The first-order valence-electron chi connectivity index (χ1n) is 3.89. The van der Waals surface area contributed by atoms with Gasteiger partial charge in [-0.2, -0.15) is 0 Å². The molecule has 0 radical (unpaired) electrons. The van der Waals surface area contributed by atoms with Crippen LogP contribution in [0.5, 0.6) is 0 Å². The van der Waals surface area contributed by atoms with E-state index in [4.69, 9.17) is 10.4 Å². The van der Waals surface area contributed by atoms with E-state index in [9.17, 15) is 0 Å². The molecule has 0 unspecified atom stereocenters. The lowest BCUT2D eigenvalue weighted by Crippen LogP contribution is -2.10. The minimum Gasteiger partial charge on any atom is -0.264 e. The summed E-state index contributed by atoms with van der Waals surface area (Å²) >= 11 is 0. The Kier molecular flexibility index (Phi) is 2.68. The maximum atomic E-state index is 8.64. The van der Waals surface area contributed by atoms with Gasteiger partial charge in [0.2, 0.25) is 0 Å². The van der Waals surface area contributed by atoms with E-state index in [1.807, 2.05) is 12.1 Å². The van der Waals surface area contributed by atoms with Crippen LogP contribution >= 0.6 is 0 Å². The average Bonchev–Trinajstić information content (AvgIpc) is 2.04. The molecule has 66 valence electrons. The quantitative estimate of drug-likeness (QED) is 0.665. The Labute approximate surface area is 71.8 Å². The van der Waals surface area contributed by atoms with Crippen LogP contribution in [0.1, 0.15) is 25.3 Å². The summed E-state index contributed by atoms with van der Waals surface area (Å²) in [5.74, 6) is 0.463. The van der Waals surface area contributed by atoms with Crippen LogP contribution < -0.4 is 5.23 Å². The van der Waals surface area contributed by atoms with E-state index in [2.05, 4.69) is 13.8 Å². The molecule has 0 aliphatic rings. The molecule has 0 aliphatic carbocycles. The molecule has 1 aromatic carbocycles. The standard InChI is InChI=1S/C9H13NO2/c1-7(2)8-3-5-9(6-4-8)10(11)12/h3-7,11-12H,1-2H3. The Morgan fingerprint density at radius 1 is 1.08 bits per heavy atom. The first kappa shape index (κ1) is 9.03. The number of rotatable bonds is 2. The van der Waals surface area contributed by atoms with Crippen LogP contribution in [0.15, 0.2) is 24.3 Å². The maximum absolute atomic E-state index is 8.64. The number of hydrogen-bond acceptors (Lipinski definition) is 3. The van der Waals surface area contributed by atoms with E-state index in [1.54, 1.807) is 12.1 Å². The zero-order chi connectivity index (χ0) is 9.14. The third-order valence-electron chi connectivity index (χ3n) is 1.79. The van der Waals surface area contributed by atoms with Crippen LogP contribution in [0, 0.1) is 0 Å². The third kappa shape index (κ3) is 1.96. The van der Waals surface area contributed by atoms with Gasteiger partial charge in [-0.05, 0) is 23.6 Å². The second-order valence-corrected chi connectivity index (χ2v) is 3.04. The molecule has 1 rings (SSSR count). The zero-order valence-corrected chi connectivity index (χ0v) is 7.23. The van der Waals surface area contributed by atoms with Crippen LogP contribution in [0.4, 0.5) is 5.69 Å². The molecule has 0 spiro atoms. The van der Waals surface area contributed by atoms with Crippen molar-refractivity contribution in [2.24, 2.45) is 0 Å². The molecule has 0 heterocycles. The molecule has 2 N–H and O–H groups in total. The molecule has 0 saturated carbocycles. The van der Waals surface area contributed by atoms with E-state index in [0.717, 1.165) is 0 Å². The van der Waals surface area contributed by atoms with Gasteiger partial charge in [0, 0.05) is 0 Å². The van der Waals surface area contributed by atoms with Crippen molar-refractivity contribution in [1.82, 2.24) is 0 Å². The van der Waals surface area contributed by atoms with Gasteiger partial charge in [0.25, 0.3) is 0 Å². The highest BCUT2D eigenvalue weighted by atomic mass is 16.8. The Bertz CT molecular complexity index is 214. The Balaban J connectivity index is 2.86. The molecule has 0 aromatic heterocycles. The smallest absolute Gasteiger partial charge is 0.0942 e. The number of anilines is 1. The van der Waals surface area contributed by atoms with E-state index < -0.39 is 0 Å². The molecule has 0 atom stereocenters. The van der Waals surface area contributed by atoms with Crippen molar-refractivity contribution in [1.29, 1.82) is 0 Å². The van der Waals surface area contributed by atoms with Gasteiger partial charge < -0.3 is 0 Å². The normalized spacial score (nSPS) is 10.4. The highest BCUT2D eigenvalue weighted by molar-refractivity contribution is 5.43. The van der Waals surface area contributed by atoms with E-state index in [1.165, 1.54) is 5.56 Å². The van der Waals surface area contributed by atoms with Gasteiger partial charge in [-0.3, -0.25) is 10.4 Å². The lowest BCUT2D eigenvalue weighted by molar-refractivity contribution is 0.0291. The molecule has 0 aliphatic heterocycles. The monoisotopic (exact) mass is 167 g/mol. The second kappa shape index (κ2) is 3.56. The summed E-state index contributed by atoms with van der Waals surface area (Å²) in [6.07, 6.45) is 0. The maximum Gasteiger partial charge on any atom is 0.0942 e. The summed E-state index contributed by atoms with van der Waals surface area (Å²) < 4.78 is 0. The molecular weight excluding hydrogens is 154 g/mol. The summed E-state index contributed by atoms with van der Waals surface area (Å²) in [7, 11) is 0. The second-order valence-electron chi connectivity index (χ2n) is 3.04. The first-order valence-corrected chi connectivity index (χ1v) is 3.89. The molecule has 0 bridgehead atoms. The molecule has 1 aromatic rings. The fourth-order valence-electron chi connectivity index (χ4n) is 0.993.